The second kappa shape index (κ2) is 34.9. The molecule has 0 heterocycles. The van der Waals surface area contributed by atoms with Crippen LogP contribution in [-0.4, -0.2) is 164 Å². The van der Waals surface area contributed by atoms with Gasteiger partial charge in [0, 0.05) is 0 Å². The van der Waals surface area contributed by atoms with Gasteiger partial charge in [0.05, 0.1) is 164 Å². The summed E-state index contributed by atoms with van der Waals surface area (Å²) in [4.78, 5) is 0. The fourth-order valence-electron chi connectivity index (χ4n) is 3.21. The van der Waals surface area contributed by atoms with E-state index < -0.39 is 0 Å². The highest BCUT2D eigenvalue weighted by Crippen LogP contribution is 2.11. The van der Waals surface area contributed by atoms with E-state index in [2.05, 4.69) is 6.07 Å². The molecular weight excluding hydrogens is 594 g/mol. The molecule has 1 aromatic rings. The first kappa shape index (κ1) is 41.1. The summed E-state index contributed by atoms with van der Waals surface area (Å²) in [7, 11) is 0. The standard InChI is InChI=1S/C31H53NO13/c32-29-30-1-3-31(4-2-30)45-28-27-44-26-25-43-24-23-42-22-21-41-20-19-40-18-17-39-16-15-38-14-13-37-12-11-36-10-9-35-8-7-34-6-5-33/h1-4,33H,5-28H2. The van der Waals surface area contributed by atoms with Gasteiger partial charge in [-0.05, 0) is 24.3 Å². The summed E-state index contributed by atoms with van der Waals surface area (Å²) >= 11 is 0. The molecule has 1 rings (SSSR count). The first-order chi connectivity index (χ1) is 22.4. The van der Waals surface area contributed by atoms with Crippen molar-refractivity contribution in [3.05, 3.63) is 29.8 Å². The Labute approximate surface area is 267 Å². The van der Waals surface area contributed by atoms with Gasteiger partial charge in [0.1, 0.15) is 12.4 Å². The lowest BCUT2D eigenvalue weighted by molar-refractivity contribution is -0.0280. The molecule has 14 heteroatoms. The van der Waals surface area contributed by atoms with Gasteiger partial charge in [-0.3, -0.25) is 0 Å². The first-order valence-electron chi connectivity index (χ1n) is 15.5. The lowest BCUT2D eigenvalue weighted by Crippen LogP contribution is -2.15. The lowest BCUT2D eigenvalue weighted by atomic mass is 10.2. The Kier molecular flexibility index (Phi) is 31.8. The van der Waals surface area contributed by atoms with Crippen LogP contribution in [0.15, 0.2) is 24.3 Å². The molecule has 0 atom stereocenters. The van der Waals surface area contributed by atoms with Gasteiger partial charge in [0.25, 0.3) is 0 Å². The van der Waals surface area contributed by atoms with Crippen molar-refractivity contribution in [3.63, 3.8) is 0 Å². The van der Waals surface area contributed by atoms with Crippen molar-refractivity contribution in [1.29, 1.82) is 5.26 Å². The van der Waals surface area contributed by atoms with Crippen LogP contribution in [-0.2, 0) is 52.1 Å². The van der Waals surface area contributed by atoms with E-state index >= 15 is 0 Å². The van der Waals surface area contributed by atoms with Crippen LogP contribution in [0, 0.1) is 11.3 Å². The van der Waals surface area contributed by atoms with Gasteiger partial charge >= 0.3 is 0 Å². The van der Waals surface area contributed by atoms with E-state index in [1.54, 1.807) is 24.3 Å². The van der Waals surface area contributed by atoms with Crippen LogP contribution in [0.1, 0.15) is 5.56 Å². The normalized spacial score (nSPS) is 11.2. The number of nitrogens with zero attached hydrogens (tertiary/aromatic N) is 1. The molecule has 0 spiro atoms. The summed E-state index contributed by atoms with van der Waals surface area (Å²) in [5.74, 6) is 0.710. The summed E-state index contributed by atoms with van der Waals surface area (Å²) < 4.78 is 65.0. The van der Waals surface area contributed by atoms with Gasteiger partial charge in [-0.1, -0.05) is 0 Å². The molecule has 0 aliphatic heterocycles. The van der Waals surface area contributed by atoms with Crippen LogP contribution in [0.5, 0.6) is 5.75 Å². The number of hydrogen-bond acceptors (Lipinski definition) is 14. The van der Waals surface area contributed by atoms with Crippen molar-refractivity contribution in [1.82, 2.24) is 0 Å². The summed E-state index contributed by atoms with van der Waals surface area (Å²) in [5, 5.41) is 17.4. The Balaban J connectivity index is 1.63. The number of hydrogen-bond donors (Lipinski definition) is 1. The molecule has 0 unspecified atom stereocenters. The van der Waals surface area contributed by atoms with Gasteiger partial charge in [-0.2, -0.15) is 5.26 Å². The fraction of sp³-hybridized carbons (Fsp3) is 0.774. The number of ether oxygens (including phenoxy) is 12. The van der Waals surface area contributed by atoms with E-state index in [0.29, 0.717) is 163 Å². The maximum absolute atomic E-state index is 8.78. The quantitative estimate of drug-likeness (QED) is 0.103. The predicted molar refractivity (Wildman–Crippen MR) is 163 cm³/mol. The number of nitriles is 1. The zero-order chi connectivity index (χ0) is 32.1. The minimum absolute atomic E-state index is 0.0225. The van der Waals surface area contributed by atoms with Gasteiger partial charge in [0.15, 0.2) is 0 Å². The molecule has 260 valence electrons. The van der Waals surface area contributed by atoms with Crippen molar-refractivity contribution >= 4 is 0 Å². The smallest absolute Gasteiger partial charge is 0.119 e. The third-order valence-corrected chi connectivity index (χ3v) is 5.44. The van der Waals surface area contributed by atoms with Crippen LogP contribution in [0.3, 0.4) is 0 Å². The molecule has 45 heavy (non-hydrogen) atoms. The summed E-state index contributed by atoms with van der Waals surface area (Å²) in [6.45, 7) is 11.1. The molecule has 0 saturated heterocycles. The van der Waals surface area contributed by atoms with Gasteiger partial charge < -0.3 is 61.9 Å². The molecule has 0 radical (unpaired) electrons. The minimum Gasteiger partial charge on any atom is -0.491 e. The SMILES string of the molecule is N#Cc1ccc(OCCOCCOCCOCCOCCOCCOCCOCCOCCOCCOCCOCCO)cc1. The molecule has 0 aromatic heterocycles. The summed E-state index contributed by atoms with van der Waals surface area (Å²) in [6, 6.07) is 9.03. The monoisotopic (exact) mass is 647 g/mol. The predicted octanol–water partition coefficient (Wildman–Crippen LogP) is 1.11. The van der Waals surface area contributed by atoms with E-state index in [0.717, 1.165) is 0 Å². The molecule has 1 aromatic carbocycles. The van der Waals surface area contributed by atoms with E-state index in [-0.39, 0.29) is 6.61 Å². The fourth-order valence-corrected chi connectivity index (χ4v) is 3.21. The van der Waals surface area contributed by atoms with Crippen LogP contribution >= 0.6 is 0 Å². The maximum Gasteiger partial charge on any atom is 0.119 e. The maximum atomic E-state index is 8.78. The Morgan fingerprint density at radius 3 is 0.867 bits per heavy atom. The summed E-state index contributed by atoms with van der Waals surface area (Å²) in [6.07, 6.45) is 0. The molecule has 0 aliphatic carbocycles. The number of rotatable bonds is 36. The first-order valence-corrected chi connectivity index (χ1v) is 15.5. The lowest BCUT2D eigenvalue weighted by Gasteiger charge is -2.09. The van der Waals surface area contributed by atoms with Crippen LogP contribution in [0.2, 0.25) is 0 Å². The van der Waals surface area contributed by atoms with Crippen LogP contribution in [0.25, 0.3) is 0 Å². The Morgan fingerprint density at radius 2 is 0.622 bits per heavy atom. The van der Waals surface area contributed by atoms with E-state index in [9.17, 15) is 0 Å². The Bertz CT molecular complexity index is 767. The molecule has 0 aliphatic rings. The Morgan fingerprint density at radius 1 is 0.378 bits per heavy atom. The minimum atomic E-state index is 0.0225. The number of aliphatic hydroxyl groups excluding tert-OH is 1. The molecule has 1 N–H and O–H groups in total. The van der Waals surface area contributed by atoms with E-state index in [4.69, 9.17) is 67.2 Å². The average molecular weight is 648 g/mol. The zero-order valence-corrected chi connectivity index (χ0v) is 26.6. The van der Waals surface area contributed by atoms with Crippen LogP contribution in [0.4, 0.5) is 0 Å². The number of aliphatic hydroxyl groups is 1. The van der Waals surface area contributed by atoms with Gasteiger partial charge in [-0.25, -0.2) is 0 Å². The highest BCUT2D eigenvalue weighted by Gasteiger charge is 1.98. The molecule has 0 bridgehead atoms. The van der Waals surface area contributed by atoms with Crippen molar-refractivity contribution in [3.8, 4) is 11.8 Å². The van der Waals surface area contributed by atoms with Gasteiger partial charge in [-0.15, -0.1) is 0 Å². The van der Waals surface area contributed by atoms with Crippen molar-refractivity contribution < 1.29 is 61.9 Å². The second-order valence-corrected chi connectivity index (χ2v) is 8.94. The van der Waals surface area contributed by atoms with E-state index in [1.165, 1.54) is 0 Å². The Hall–Kier alpha value is -1.97. The molecule has 0 saturated carbocycles. The number of benzene rings is 1. The van der Waals surface area contributed by atoms with E-state index in [1.807, 2.05) is 0 Å². The molecule has 14 nitrogen and oxygen atoms in total. The van der Waals surface area contributed by atoms with Gasteiger partial charge in [0.2, 0.25) is 0 Å². The average Bonchev–Trinajstić information content (AvgIpc) is 3.06. The highest BCUT2D eigenvalue weighted by molar-refractivity contribution is 5.34. The third kappa shape index (κ3) is 30.4. The largest absolute Gasteiger partial charge is 0.491 e. The van der Waals surface area contributed by atoms with Crippen molar-refractivity contribution in [2.45, 2.75) is 0 Å². The zero-order valence-electron chi connectivity index (χ0n) is 26.6. The third-order valence-electron chi connectivity index (χ3n) is 5.44. The second-order valence-electron chi connectivity index (χ2n) is 8.94. The van der Waals surface area contributed by atoms with Crippen LogP contribution < -0.4 is 4.74 Å². The molecular formula is C31H53NO13. The topological polar surface area (TPSA) is 155 Å². The molecule has 0 amide bonds. The van der Waals surface area contributed by atoms with Crippen molar-refractivity contribution in [2.24, 2.45) is 0 Å². The van der Waals surface area contributed by atoms with Crippen molar-refractivity contribution in [2.75, 3.05) is 159 Å². The summed E-state index contributed by atoms with van der Waals surface area (Å²) in [5.41, 5.74) is 0.602. The molecule has 0 fully saturated rings. The highest BCUT2D eigenvalue weighted by atomic mass is 16.6.